The minimum atomic E-state index is -3.50. The number of H-pyrrole nitrogens is 1. The number of sulfonamides is 1. The van der Waals surface area contributed by atoms with Gasteiger partial charge in [0.2, 0.25) is 10.0 Å². The van der Waals surface area contributed by atoms with Crippen molar-refractivity contribution in [3.05, 3.63) is 11.4 Å². The van der Waals surface area contributed by atoms with Gasteiger partial charge >= 0.3 is 0 Å². The van der Waals surface area contributed by atoms with Crippen molar-refractivity contribution in [2.24, 2.45) is 0 Å². The maximum absolute atomic E-state index is 12.5. The first-order chi connectivity index (χ1) is 8.48. The van der Waals surface area contributed by atoms with Gasteiger partial charge in [0.25, 0.3) is 0 Å². The Morgan fingerprint density at radius 1 is 1.39 bits per heavy atom. The van der Waals surface area contributed by atoms with Gasteiger partial charge in [-0.3, -0.25) is 5.10 Å². The van der Waals surface area contributed by atoms with E-state index in [0.717, 1.165) is 12.8 Å². The second-order valence-electron chi connectivity index (χ2n) is 4.11. The van der Waals surface area contributed by atoms with E-state index in [1.54, 1.807) is 6.92 Å². The lowest BCUT2D eigenvalue weighted by Gasteiger charge is -2.20. The summed E-state index contributed by atoms with van der Waals surface area (Å²) in [5, 5.41) is 6.62. The van der Waals surface area contributed by atoms with Gasteiger partial charge in [0, 0.05) is 13.1 Å². The molecule has 0 aliphatic rings. The van der Waals surface area contributed by atoms with Crippen LogP contribution in [-0.4, -0.2) is 36.0 Å². The predicted octanol–water partition coefficient (Wildman–Crippen LogP) is 2.27. The van der Waals surface area contributed by atoms with Crippen molar-refractivity contribution in [2.45, 2.75) is 44.4 Å². The van der Waals surface area contributed by atoms with Crippen LogP contribution in [0.4, 0.5) is 0 Å². The second-order valence-corrected chi connectivity index (χ2v) is 6.25. The lowest BCUT2D eigenvalue weighted by Crippen LogP contribution is -2.32. The fraction of sp³-hybridized carbons (Fsp3) is 0.727. The SMILES string of the molecule is CCCCN(CC)S(=O)(=O)c1c(CCl)n[nH]c1C. The molecule has 7 heteroatoms. The molecule has 1 aromatic rings. The van der Waals surface area contributed by atoms with Crippen molar-refractivity contribution >= 4 is 21.6 Å². The predicted molar refractivity (Wildman–Crippen MR) is 72.2 cm³/mol. The Hall–Kier alpha value is -0.590. The molecule has 5 nitrogen and oxygen atoms in total. The van der Waals surface area contributed by atoms with Crippen molar-refractivity contribution in [1.29, 1.82) is 0 Å². The number of unbranched alkanes of at least 4 members (excludes halogenated alkanes) is 1. The summed E-state index contributed by atoms with van der Waals surface area (Å²) >= 11 is 5.74. The topological polar surface area (TPSA) is 66.1 Å². The number of aryl methyl sites for hydroxylation is 1. The van der Waals surface area contributed by atoms with Gasteiger partial charge in [0.05, 0.1) is 17.3 Å². The van der Waals surface area contributed by atoms with Crippen molar-refractivity contribution in [2.75, 3.05) is 13.1 Å². The van der Waals surface area contributed by atoms with Crippen molar-refractivity contribution in [3.63, 3.8) is 0 Å². The summed E-state index contributed by atoms with van der Waals surface area (Å²) in [6, 6.07) is 0. The molecule has 0 bridgehead atoms. The standard InChI is InChI=1S/C11H20ClN3O2S/c1-4-6-7-15(5-2)18(16,17)11-9(3)13-14-10(11)8-12/h4-8H2,1-3H3,(H,13,14). The van der Waals surface area contributed by atoms with Crippen LogP contribution in [0.5, 0.6) is 0 Å². The highest BCUT2D eigenvalue weighted by atomic mass is 35.5. The van der Waals surface area contributed by atoms with Crippen LogP contribution in [0.15, 0.2) is 4.90 Å². The van der Waals surface area contributed by atoms with E-state index in [1.807, 2.05) is 13.8 Å². The zero-order valence-corrected chi connectivity index (χ0v) is 12.6. The van der Waals surface area contributed by atoms with Crippen LogP contribution in [-0.2, 0) is 15.9 Å². The van der Waals surface area contributed by atoms with Crippen LogP contribution in [0, 0.1) is 6.92 Å². The van der Waals surface area contributed by atoms with Gasteiger partial charge in [0.15, 0.2) is 0 Å². The molecule has 0 spiro atoms. The molecule has 18 heavy (non-hydrogen) atoms. The molecule has 0 unspecified atom stereocenters. The van der Waals surface area contributed by atoms with Gasteiger partial charge in [-0.1, -0.05) is 20.3 Å². The summed E-state index contributed by atoms with van der Waals surface area (Å²) < 4.78 is 26.6. The third kappa shape index (κ3) is 3.05. The van der Waals surface area contributed by atoms with Crippen LogP contribution in [0.2, 0.25) is 0 Å². The molecule has 0 saturated carbocycles. The smallest absolute Gasteiger partial charge is 0.246 e. The fourth-order valence-electron chi connectivity index (χ4n) is 1.81. The molecule has 0 fully saturated rings. The van der Waals surface area contributed by atoms with Crippen LogP contribution in [0.1, 0.15) is 38.1 Å². The minimum absolute atomic E-state index is 0.0875. The van der Waals surface area contributed by atoms with Crippen molar-refractivity contribution in [1.82, 2.24) is 14.5 Å². The van der Waals surface area contributed by atoms with Gasteiger partial charge in [-0.2, -0.15) is 9.40 Å². The summed E-state index contributed by atoms with van der Waals surface area (Å²) in [4.78, 5) is 0.232. The maximum atomic E-state index is 12.5. The Morgan fingerprint density at radius 2 is 2.06 bits per heavy atom. The van der Waals surface area contributed by atoms with E-state index in [2.05, 4.69) is 10.2 Å². The van der Waals surface area contributed by atoms with E-state index in [4.69, 9.17) is 11.6 Å². The molecule has 1 aromatic heterocycles. The zero-order valence-electron chi connectivity index (χ0n) is 11.0. The highest BCUT2D eigenvalue weighted by molar-refractivity contribution is 7.89. The number of nitrogens with one attached hydrogen (secondary N) is 1. The molecule has 0 aliphatic heterocycles. The molecule has 0 saturated heterocycles. The molecule has 1 rings (SSSR count). The Labute approximate surface area is 114 Å². The van der Waals surface area contributed by atoms with Crippen molar-refractivity contribution < 1.29 is 8.42 Å². The third-order valence-electron chi connectivity index (χ3n) is 2.80. The van der Waals surface area contributed by atoms with E-state index in [0.29, 0.717) is 24.5 Å². The van der Waals surface area contributed by atoms with Crippen molar-refractivity contribution in [3.8, 4) is 0 Å². The van der Waals surface area contributed by atoms with E-state index in [-0.39, 0.29) is 10.8 Å². The Balaban J connectivity index is 3.14. The number of hydrogen-bond donors (Lipinski definition) is 1. The average Bonchev–Trinajstić information content (AvgIpc) is 2.71. The lowest BCUT2D eigenvalue weighted by atomic mass is 10.3. The minimum Gasteiger partial charge on any atom is -0.281 e. The normalized spacial score (nSPS) is 12.3. The lowest BCUT2D eigenvalue weighted by molar-refractivity contribution is 0.418. The maximum Gasteiger partial charge on any atom is 0.246 e. The van der Waals surface area contributed by atoms with Gasteiger partial charge in [-0.05, 0) is 13.3 Å². The largest absolute Gasteiger partial charge is 0.281 e. The van der Waals surface area contributed by atoms with Crippen LogP contribution < -0.4 is 0 Å². The quantitative estimate of drug-likeness (QED) is 0.784. The molecular weight excluding hydrogens is 274 g/mol. The molecule has 1 heterocycles. The highest BCUT2D eigenvalue weighted by Gasteiger charge is 2.29. The first-order valence-electron chi connectivity index (χ1n) is 6.08. The number of aromatic amines is 1. The van der Waals surface area contributed by atoms with Gasteiger partial charge in [-0.15, -0.1) is 11.6 Å². The number of nitrogens with zero attached hydrogens (tertiary/aromatic N) is 2. The molecule has 1 N–H and O–H groups in total. The summed E-state index contributed by atoms with van der Waals surface area (Å²) in [5.74, 6) is 0.0875. The van der Waals surface area contributed by atoms with E-state index < -0.39 is 10.0 Å². The van der Waals surface area contributed by atoms with E-state index in [9.17, 15) is 8.42 Å². The van der Waals surface area contributed by atoms with Crippen LogP contribution in [0.25, 0.3) is 0 Å². The average molecular weight is 294 g/mol. The van der Waals surface area contributed by atoms with E-state index in [1.165, 1.54) is 4.31 Å². The summed E-state index contributed by atoms with van der Waals surface area (Å²) in [6.07, 6.45) is 1.80. The number of rotatable bonds is 7. The molecule has 104 valence electrons. The first kappa shape index (κ1) is 15.5. The number of aromatic nitrogens is 2. The summed E-state index contributed by atoms with van der Waals surface area (Å²) in [7, 11) is -3.50. The second kappa shape index (κ2) is 6.54. The van der Waals surface area contributed by atoms with Crippen LogP contribution >= 0.6 is 11.6 Å². The van der Waals surface area contributed by atoms with Gasteiger partial charge in [-0.25, -0.2) is 8.42 Å². The molecule has 0 amide bonds. The molecular formula is C11H20ClN3O2S. The molecule has 0 aliphatic carbocycles. The summed E-state index contributed by atoms with van der Waals surface area (Å²) in [5.41, 5.74) is 0.935. The zero-order chi connectivity index (χ0) is 13.8. The Kier molecular flexibility index (Phi) is 5.62. The molecule has 0 aromatic carbocycles. The first-order valence-corrected chi connectivity index (χ1v) is 8.06. The van der Waals surface area contributed by atoms with E-state index >= 15 is 0 Å². The number of hydrogen-bond acceptors (Lipinski definition) is 3. The molecule has 0 atom stereocenters. The van der Waals surface area contributed by atoms with Gasteiger partial charge in [0.1, 0.15) is 4.90 Å². The number of halogens is 1. The fourth-order valence-corrected chi connectivity index (χ4v) is 3.90. The third-order valence-corrected chi connectivity index (χ3v) is 5.23. The molecule has 0 radical (unpaired) electrons. The summed E-state index contributed by atoms with van der Waals surface area (Å²) in [6.45, 7) is 6.55. The Morgan fingerprint density at radius 3 is 2.56 bits per heavy atom. The number of alkyl halides is 1. The monoisotopic (exact) mass is 293 g/mol. The Bertz CT molecular complexity index is 484. The highest BCUT2D eigenvalue weighted by Crippen LogP contribution is 2.23. The van der Waals surface area contributed by atoms with Crippen LogP contribution in [0.3, 0.4) is 0 Å². The van der Waals surface area contributed by atoms with Gasteiger partial charge < -0.3 is 0 Å².